The predicted octanol–water partition coefficient (Wildman–Crippen LogP) is 33.0. The van der Waals surface area contributed by atoms with Gasteiger partial charge < -0.3 is 4.90 Å². The molecule has 8 aromatic rings. The maximum absolute atomic E-state index is 4.40. The van der Waals surface area contributed by atoms with Crippen LogP contribution >= 0.6 is 11.3 Å². The maximum atomic E-state index is 4.40. The number of aromatic nitrogens is 10. The van der Waals surface area contributed by atoms with Crippen molar-refractivity contribution >= 4 is 11.3 Å². The molecule has 0 spiro atoms. The van der Waals surface area contributed by atoms with Crippen molar-refractivity contribution in [3.05, 3.63) is 223 Å². The predicted molar refractivity (Wildman–Crippen MR) is 581 cm³/mol. The van der Waals surface area contributed by atoms with Crippen LogP contribution in [0.5, 0.6) is 0 Å². The van der Waals surface area contributed by atoms with E-state index < -0.39 is 0 Å². The second-order valence-corrected chi connectivity index (χ2v) is 44.3. The SMILES string of the molecule is C.CC(C)C1=CCN(C(C)C)CC1.CC(C)C1CCN(C(C)C)CC1.CC(C)N1CCN(C(C)C)CC1.CC(C)c1ccc(C(C)C)cc1.CC(C)c1ccc(C(C)C)nc1.CC(C)c1ccc(C(C)C)nc1.CC(C)c1ccc(C(C)C)nn1.CC(C)c1ccc(C(C)C)s1.CC(C)c1cnc(C(C)C)cn1.CC(C)c1cnc(C(C)C)nc1.CC(C)c1cnc(C(C)C)nc1. The van der Waals surface area contributed by atoms with Gasteiger partial charge in [-0.3, -0.25) is 34.6 Å². The minimum Gasteiger partial charge on any atom is -0.301 e. The largest absolute Gasteiger partial charge is 0.301 e. The molecule has 2 fully saturated rings. The van der Waals surface area contributed by atoms with E-state index in [-0.39, 0.29) is 7.43 Å². The molecule has 2 saturated heterocycles. The Labute approximate surface area is 819 Å². The average Bonchev–Trinajstić information content (AvgIpc) is 1.64. The molecule has 0 radical (unpaired) electrons. The van der Waals surface area contributed by atoms with Crippen molar-refractivity contribution in [2.45, 2.75) is 450 Å². The molecule has 0 bridgehead atoms. The van der Waals surface area contributed by atoms with E-state index in [1.807, 2.05) is 60.9 Å². The molecule has 0 atom stereocenters. The van der Waals surface area contributed by atoms with Crippen molar-refractivity contribution in [2.75, 3.05) is 52.4 Å². The number of rotatable bonds is 22. The number of piperazine rings is 1. The van der Waals surface area contributed by atoms with Crippen LogP contribution in [0, 0.1) is 17.8 Å². The summed E-state index contributed by atoms with van der Waals surface area (Å²) in [6.45, 7) is 107. The molecule has 1 aromatic carbocycles. The van der Waals surface area contributed by atoms with Gasteiger partial charge in [0.25, 0.3) is 0 Å². The summed E-state index contributed by atoms with van der Waals surface area (Å²) in [7, 11) is 0. The Balaban J connectivity index is 0.00000143. The van der Waals surface area contributed by atoms with Crippen LogP contribution in [-0.2, 0) is 0 Å². The van der Waals surface area contributed by atoms with Gasteiger partial charge in [0, 0.05) is 146 Å². The van der Waals surface area contributed by atoms with Crippen molar-refractivity contribution in [3.8, 4) is 0 Å². The molecule has 0 amide bonds. The fourth-order valence-electron chi connectivity index (χ4n) is 13.8. The van der Waals surface area contributed by atoms with Crippen molar-refractivity contribution in [1.82, 2.24) is 69.7 Å². The zero-order valence-corrected chi connectivity index (χ0v) is 93.2. The highest BCUT2D eigenvalue weighted by Gasteiger charge is 2.24. The fourth-order valence-corrected chi connectivity index (χ4v) is 14.8. The topological polar surface area (TPSA) is 142 Å². The molecular formula is C117H202N14S. The van der Waals surface area contributed by atoms with Gasteiger partial charge in [0.1, 0.15) is 11.6 Å². The molecule has 0 unspecified atom stereocenters. The molecule has 746 valence electrons. The van der Waals surface area contributed by atoms with Crippen LogP contribution in [0.15, 0.2) is 134 Å². The average molecular weight is 1840 g/mol. The highest BCUT2D eigenvalue weighted by molar-refractivity contribution is 7.12. The zero-order valence-electron chi connectivity index (χ0n) is 92.4. The first-order valence-corrected chi connectivity index (χ1v) is 52.1. The quantitative estimate of drug-likeness (QED) is 0.0594. The van der Waals surface area contributed by atoms with Crippen LogP contribution in [0.1, 0.15) is 515 Å². The molecule has 0 saturated carbocycles. The Morgan fingerprint density at radius 1 is 0.235 bits per heavy atom. The summed E-state index contributed by atoms with van der Waals surface area (Å²) in [4.78, 5) is 47.9. The first-order chi connectivity index (χ1) is 61.2. The molecule has 11 rings (SSSR count). The van der Waals surface area contributed by atoms with E-state index in [4.69, 9.17) is 0 Å². The monoisotopic (exact) mass is 1840 g/mol. The summed E-state index contributed by atoms with van der Waals surface area (Å²) in [6, 6.07) is 29.1. The number of hydrogen-bond acceptors (Lipinski definition) is 15. The van der Waals surface area contributed by atoms with Gasteiger partial charge in [0.2, 0.25) is 0 Å². The first-order valence-electron chi connectivity index (χ1n) is 51.3. The molecule has 10 heterocycles. The molecule has 7 aromatic heterocycles. The van der Waals surface area contributed by atoms with Crippen LogP contribution < -0.4 is 0 Å². The molecule has 15 heteroatoms. The number of piperidine rings is 1. The Hall–Kier alpha value is -6.88. The van der Waals surface area contributed by atoms with Gasteiger partial charge in [-0.15, -0.1) is 11.3 Å². The van der Waals surface area contributed by atoms with E-state index in [1.54, 1.807) is 5.57 Å². The second kappa shape index (κ2) is 66.6. The number of thiophene rings is 1. The summed E-state index contributed by atoms with van der Waals surface area (Å²) in [6.07, 6.45) is 21.9. The number of benzene rings is 1. The second-order valence-electron chi connectivity index (χ2n) is 43.2. The minimum absolute atomic E-state index is 0. The summed E-state index contributed by atoms with van der Waals surface area (Å²) >= 11 is 1.95. The number of hydrogen-bond donors (Lipinski definition) is 0. The minimum atomic E-state index is 0. The van der Waals surface area contributed by atoms with Gasteiger partial charge in [-0.05, 0) is 258 Å². The van der Waals surface area contributed by atoms with Crippen LogP contribution in [0.2, 0.25) is 0 Å². The van der Waals surface area contributed by atoms with Crippen molar-refractivity contribution < 1.29 is 0 Å². The van der Waals surface area contributed by atoms with E-state index in [9.17, 15) is 0 Å². The van der Waals surface area contributed by atoms with Crippen LogP contribution in [-0.4, -0.2) is 146 Å². The normalized spacial score (nSPS) is 14.0. The Morgan fingerprint density at radius 2 is 0.500 bits per heavy atom. The lowest BCUT2D eigenvalue weighted by molar-refractivity contribution is 0.0887. The van der Waals surface area contributed by atoms with Gasteiger partial charge in [-0.1, -0.05) is 305 Å². The maximum Gasteiger partial charge on any atom is 0.130 e. The first kappa shape index (κ1) is 125. The number of likely N-dealkylation sites (tertiary alicyclic amines) is 1. The molecule has 0 aliphatic carbocycles. The van der Waals surface area contributed by atoms with Crippen molar-refractivity contribution in [3.63, 3.8) is 0 Å². The zero-order chi connectivity index (χ0) is 99.8. The van der Waals surface area contributed by atoms with E-state index in [2.05, 4.69) is 453 Å². The molecule has 0 N–H and O–H groups in total. The van der Waals surface area contributed by atoms with E-state index in [0.717, 1.165) is 76.8 Å². The standard InChI is InChI=1S/C12H18.C11H23N.C11H21N.2C11H17N.C10H22N2.4C10H16N2.C10H16S.CH4/c3*1-9(2)11-5-7-12(8-6-11)10(3)4;2*1-8(2)10-5-6-11(9(3)4)12-7-10;1-9(2)11-5-7-12(8-6-11)10(3)4;1-7(2)9-5-12-10(6-11-9)8(3)4;2*1-7(2)9-5-11-10(8(3)4)12-6-9;1-7(2)9-5-6-10(8(3)4)12-11-9;1-7(2)9-5-6-10(11-9)8(3)4;/h5-10H,1-4H3;9-11H,5-8H2,1-4H3;5,9-10H,6-8H2,1-4H3;2*5-9H,1-4H3;9-10H,5-8H2,1-4H3;4*5-8H,1-4H3;5-8H,1-4H3;1H4. The van der Waals surface area contributed by atoms with E-state index >= 15 is 0 Å². The summed E-state index contributed by atoms with van der Waals surface area (Å²) < 4.78 is 0. The lowest BCUT2D eigenvalue weighted by atomic mass is 9.86. The highest BCUT2D eigenvalue weighted by atomic mass is 32.1. The lowest BCUT2D eigenvalue weighted by Gasteiger charge is -2.38. The van der Waals surface area contributed by atoms with Crippen LogP contribution in [0.4, 0.5) is 0 Å². The summed E-state index contributed by atoms with van der Waals surface area (Å²) in [5.41, 5.74) is 16.2. The van der Waals surface area contributed by atoms with Gasteiger partial charge >= 0.3 is 0 Å². The van der Waals surface area contributed by atoms with Crippen molar-refractivity contribution in [2.24, 2.45) is 17.8 Å². The Kier molecular flexibility index (Phi) is 63.1. The molecule has 132 heavy (non-hydrogen) atoms. The summed E-state index contributed by atoms with van der Waals surface area (Å²) in [5.74, 6) is 13.1. The van der Waals surface area contributed by atoms with Gasteiger partial charge in [-0.25, -0.2) is 19.9 Å². The Bertz CT molecular complexity index is 3330. The number of nitrogens with zero attached hydrogens (tertiary/aromatic N) is 14. The molecule has 3 aliphatic heterocycles. The fraction of sp³-hybridized carbons (Fsp3) is 0.675. The third-order valence-electron chi connectivity index (χ3n) is 24.5. The number of pyridine rings is 2. The van der Waals surface area contributed by atoms with Crippen LogP contribution in [0.25, 0.3) is 0 Å². The lowest BCUT2D eigenvalue weighted by Crippen LogP contribution is -2.50. The van der Waals surface area contributed by atoms with Gasteiger partial charge in [0.05, 0.1) is 22.8 Å². The smallest absolute Gasteiger partial charge is 0.130 e. The Morgan fingerprint density at radius 3 is 0.697 bits per heavy atom. The van der Waals surface area contributed by atoms with E-state index in [1.165, 1.54) is 120 Å². The van der Waals surface area contributed by atoms with E-state index in [0.29, 0.717) is 101 Å². The van der Waals surface area contributed by atoms with Crippen LogP contribution in [0.3, 0.4) is 0 Å². The molecule has 3 aliphatic rings. The highest BCUT2D eigenvalue weighted by Crippen LogP contribution is 2.31. The third-order valence-corrected chi connectivity index (χ3v) is 26.2. The molecule has 14 nitrogen and oxygen atoms in total. The van der Waals surface area contributed by atoms with Crippen molar-refractivity contribution in [1.29, 1.82) is 0 Å². The summed E-state index contributed by atoms with van der Waals surface area (Å²) in [5, 5.41) is 8.30. The van der Waals surface area contributed by atoms with Gasteiger partial charge in [-0.2, -0.15) is 10.2 Å². The molecular weight excluding hydrogens is 1630 g/mol. The van der Waals surface area contributed by atoms with Gasteiger partial charge in [0.15, 0.2) is 0 Å². The third kappa shape index (κ3) is 50.8.